The van der Waals surface area contributed by atoms with Crippen LogP contribution in [0.15, 0.2) is 109 Å². The largest absolute Gasteiger partial charge is 0.388 e. The maximum Gasteiger partial charge on any atom is 0.321 e. The van der Waals surface area contributed by atoms with E-state index in [-0.39, 0.29) is 12.6 Å². The highest BCUT2D eigenvalue weighted by molar-refractivity contribution is 5.89. The van der Waals surface area contributed by atoms with Gasteiger partial charge in [-0.1, -0.05) is 97.1 Å². The summed E-state index contributed by atoms with van der Waals surface area (Å²) in [7, 11) is 0. The van der Waals surface area contributed by atoms with Gasteiger partial charge < -0.3 is 25.7 Å². The van der Waals surface area contributed by atoms with Crippen LogP contribution in [0.3, 0.4) is 0 Å². The fourth-order valence-electron chi connectivity index (χ4n) is 5.98. The summed E-state index contributed by atoms with van der Waals surface area (Å²) in [6, 6.07) is 33.6. The number of aromatic amines is 1. The number of H-pyrrole nitrogens is 1. The first-order valence-electron chi connectivity index (χ1n) is 14.3. The van der Waals surface area contributed by atoms with Crippen molar-refractivity contribution in [1.29, 1.82) is 0 Å². The molecule has 2 amide bonds. The zero-order valence-electron chi connectivity index (χ0n) is 23.3. The van der Waals surface area contributed by atoms with Crippen LogP contribution in [0.25, 0.3) is 10.9 Å². The molecule has 1 fully saturated rings. The lowest BCUT2D eigenvalue weighted by Crippen LogP contribution is -2.50. The number of benzene rings is 4. The number of hydrogen-bond acceptors (Lipinski definition) is 5. The van der Waals surface area contributed by atoms with Crippen molar-refractivity contribution in [2.45, 2.75) is 50.2 Å². The lowest BCUT2D eigenvalue weighted by molar-refractivity contribution is -0.0408. The summed E-state index contributed by atoms with van der Waals surface area (Å²) in [4.78, 5) is 18.2. The van der Waals surface area contributed by atoms with Crippen molar-refractivity contribution in [1.82, 2.24) is 20.0 Å². The molecule has 0 radical (unpaired) electrons. The molecule has 1 saturated heterocycles. The number of fused-ring (bicyclic) bond motifs is 1. The van der Waals surface area contributed by atoms with E-state index in [1.807, 2.05) is 109 Å². The minimum absolute atomic E-state index is 0.234. The van der Waals surface area contributed by atoms with E-state index in [1.165, 1.54) is 0 Å². The number of aliphatic hydroxyl groups is 2. The van der Waals surface area contributed by atoms with Crippen LogP contribution in [-0.4, -0.2) is 60.5 Å². The molecule has 5 N–H and O–H groups in total. The SMILES string of the molecule is Nc1n[nH]c2cc(CN3C(=O)N(Cc4ccccc4)[C@H](Cc4ccccc4)[C@H](O)[C@@H](O)[C@H]3Cc3ccccc3)ccc12. The van der Waals surface area contributed by atoms with Crippen LogP contribution in [0.1, 0.15) is 22.3 Å². The predicted molar refractivity (Wildman–Crippen MR) is 163 cm³/mol. The Bertz CT molecular complexity index is 1630. The number of rotatable bonds is 8. The summed E-state index contributed by atoms with van der Waals surface area (Å²) >= 11 is 0. The van der Waals surface area contributed by atoms with Crippen LogP contribution in [0.4, 0.5) is 10.6 Å². The number of nitrogens with one attached hydrogen (secondary N) is 1. The Morgan fingerprint density at radius 2 is 1.14 bits per heavy atom. The van der Waals surface area contributed by atoms with Crippen LogP contribution in [0, 0.1) is 0 Å². The number of aromatic nitrogens is 2. The molecular weight excluding hydrogens is 526 g/mol. The van der Waals surface area contributed by atoms with Crippen molar-refractivity contribution >= 4 is 22.8 Å². The molecule has 42 heavy (non-hydrogen) atoms. The molecule has 1 aliphatic heterocycles. The molecule has 6 rings (SSSR count). The van der Waals surface area contributed by atoms with Crippen LogP contribution in [0.2, 0.25) is 0 Å². The minimum Gasteiger partial charge on any atom is -0.388 e. The molecule has 5 aromatic rings. The molecule has 0 unspecified atom stereocenters. The van der Waals surface area contributed by atoms with E-state index in [1.54, 1.807) is 9.80 Å². The lowest BCUT2D eigenvalue weighted by atomic mass is 9.91. The molecule has 8 heteroatoms. The van der Waals surface area contributed by atoms with Gasteiger partial charge in [-0.2, -0.15) is 5.10 Å². The topological polar surface area (TPSA) is 119 Å². The number of hydrogen-bond donors (Lipinski definition) is 4. The number of nitrogens with two attached hydrogens (primary N) is 1. The average molecular weight is 562 g/mol. The zero-order valence-corrected chi connectivity index (χ0v) is 23.3. The van der Waals surface area contributed by atoms with Crippen LogP contribution in [0.5, 0.6) is 0 Å². The Morgan fingerprint density at radius 1 is 0.667 bits per heavy atom. The van der Waals surface area contributed by atoms with Gasteiger partial charge in [0.15, 0.2) is 5.82 Å². The predicted octanol–water partition coefficient (Wildman–Crippen LogP) is 4.53. The second-order valence-corrected chi connectivity index (χ2v) is 11.0. The van der Waals surface area contributed by atoms with E-state index in [0.29, 0.717) is 25.2 Å². The molecule has 0 spiro atoms. The van der Waals surface area contributed by atoms with E-state index < -0.39 is 24.3 Å². The van der Waals surface area contributed by atoms with E-state index in [2.05, 4.69) is 10.2 Å². The zero-order chi connectivity index (χ0) is 29.1. The smallest absolute Gasteiger partial charge is 0.321 e. The monoisotopic (exact) mass is 561 g/mol. The first kappa shape index (κ1) is 27.5. The molecule has 8 nitrogen and oxygen atoms in total. The summed E-state index contributed by atoms with van der Waals surface area (Å²) in [5.41, 5.74) is 10.5. The Morgan fingerprint density at radius 3 is 1.67 bits per heavy atom. The van der Waals surface area contributed by atoms with Crippen LogP contribution in [-0.2, 0) is 25.9 Å². The third-order valence-electron chi connectivity index (χ3n) is 8.21. The van der Waals surface area contributed by atoms with Crippen LogP contribution < -0.4 is 5.73 Å². The number of carbonyl (C=O) groups is 1. The molecule has 0 bridgehead atoms. The highest BCUT2D eigenvalue weighted by Crippen LogP contribution is 2.30. The van der Waals surface area contributed by atoms with Gasteiger partial charge in [0.2, 0.25) is 0 Å². The van der Waals surface area contributed by atoms with Gasteiger partial charge in [0, 0.05) is 18.5 Å². The van der Waals surface area contributed by atoms with Gasteiger partial charge >= 0.3 is 6.03 Å². The standard InChI is InChI=1S/C34H35N5O3/c35-33-27-17-16-26(18-28(27)36-37-33)22-39-30(20-24-12-6-2-7-13-24)32(41)31(40)29(19-23-10-4-1-5-11-23)38(34(39)42)21-25-14-8-3-9-15-25/h1-18,29-32,40-41H,19-22H2,(H3,35,36,37)/t29-,30-,31+,32+/m1/s1. The summed E-state index contributed by atoms with van der Waals surface area (Å²) in [5, 5.41) is 31.5. The fourth-order valence-corrected chi connectivity index (χ4v) is 5.98. The van der Waals surface area contributed by atoms with Gasteiger partial charge in [-0.05, 0) is 47.2 Å². The van der Waals surface area contributed by atoms with E-state index in [9.17, 15) is 15.0 Å². The highest BCUT2D eigenvalue weighted by Gasteiger charge is 2.46. The van der Waals surface area contributed by atoms with Crippen molar-refractivity contribution in [3.8, 4) is 0 Å². The molecule has 214 valence electrons. The number of anilines is 1. The van der Waals surface area contributed by atoms with Gasteiger partial charge in [0.05, 0.1) is 17.6 Å². The van der Waals surface area contributed by atoms with Gasteiger partial charge in [-0.3, -0.25) is 5.10 Å². The summed E-state index contributed by atoms with van der Waals surface area (Å²) < 4.78 is 0. The minimum atomic E-state index is -1.19. The molecule has 0 saturated carbocycles. The Balaban J connectivity index is 1.43. The number of nitrogen functional groups attached to an aromatic ring is 1. The third-order valence-corrected chi connectivity index (χ3v) is 8.21. The first-order chi connectivity index (χ1) is 20.5. The maximum absolute atomic E-state index is 14.7. The van der Waals surface area contributed by atoms with Crippen molar-refractivity contribution in [3.05, 3.63) is 131 Å². The van der Waals surface area contributed by atoms with Crippen molar-refractivity contribution in [2.24, 2.45) is 0 Å². The Hall–Kier alpha value is -4.66. The fraction of sp³-hybridized carbons (Fsp3) is 0.235. The molecule has 4 atom stereocenters. The third kappa shape index (κ3) is 5.72. The maximum atomic E-state index is 14.7. The van der Waals surface area contributed by atoms with Crippen molar-refractivity contribution in [3.63, 3.8) is 0 Å². The summed E-state index contributed by atoms with van der Waals surface area (Å²) in [6.45, 7) is 0.532. The number of carbonyl (C=O) groups excluding carboxylic acids is 1. The quantitative estimate of drug-likeness (QED) is 0.222. The molecular formula is C34H35N5O3. The van der Waals surface area contributed by atoms with E-state index in [4.69, 9.17) is 5.73 Å². The van der Waals surface area contributed by atoms with E-state index >= 15 is 0 Å². The average Bonchev–Trinajstić information content (AvgIpc) is 3.38. The van der Waals surface area contributed by atoms with Crippen LogP contribution >= 0.6 is 0 Å². The second kappa shape index (κ2) is 12.1. The Labute approximate surface area is 245 Å². The molecule has 1 aliphatic rings. The second-order valence-electron chi connectivity index (χ2n) is 11.0. The summed E-state index contributed by atoms with van der Waals surface area (Å²) in [5.74, 6) is 0.417. The number of urea groups is 1. The number of amides is 2. The Kier molecular flexibility index (Phi) is 7.90. The molecule has 2 heterocycles. The molecule has 0 aliphatic carbocycles. The van der Waals surface area contributed by atoms with Gasteiger partial charge in [-0.15, -0.1) is 0 Å². The number of nitrogens with zero attached hydrogens (tertiary/aromatic N) is 3. The van der Waals surface area contributed by atoms with Crippen molar-refractivity contribution in [2.75, 3.05) is 5.73 Å². The highest BCUT2D eigenvalue weighted by atomic mass is 16.3. The van der Waals surface area contributed by atoms with E-state index in [0.717, 1.165) is 33.2 Å². The van der Waals surface area contributed by atoms with Gasteiger partial charge in [0.25, 0.3) is 0 Å². The molecule has 4 aromatic carbocycles. The first-order valence-corrected chi connectivity index (χ1v) is 14.3. The lowest BCUT2D eigenvalue weighted by Gasteiger charge is -2.36. The normalized spacial score (nSPS) is 21.0. The van der Waals surface area contributed by atoms with Crippen molar-refractivity contribution < 1.29 is 15.0 Å². The summed E-state index contributed by atoms with van der Waals surface area (Å²) in [6.07, 6.45) is -1.56. The van der Waals surface area contributed by atoms with Gasteiger partial charge in [-0.25, -0.2) is 4.79 Å². The van der Waals surface area contributed by atoms with Gasteiger partial charge in [0.1, 0.15) is 12.2 Å². The molecule has 1 aromatic heterocycles. The number of aliphatic hydroxyl groups excluding tert-OH is 2.